The van der Waals surface area contributed by atoms with Gasteiger partial charge in [0.2, 0.25) is 5.91 Å². The molecule has 17 heavy (non-hydrogen) atoms. The first-order valence-corrected chi connectivity index (χ1v) is 7.10. The Morgan fingerprint density at radius 3 is 3.06 bits per heavy atom. The molecule has 1 aliphatic rings. The Hall–Kier alpha value is -0.870. The molecule has 1 aliphatic carbocycles. The number of nitrogens with one attached hydrogen (secondary N) is 1. The lowest BCUT2D eigenvalue weighted by atomic mass is 9.73. The molecule has 1 heterocycles. The monoisotopic (exact) mass is 252 g/mol. The molecule has 94 valence electrons. The van der Waals surface area contributed by atoms with Crippen molar-refractivity contribution in [1.82, 2.24) is 5.32 Å². The second-order valence-corrected chi connectivity index (χ2v) is 5.95. The molecule has 1 aromatic rings. The summed E-state index contributed by atoms with van der Waals surface area (Å²) < 4.78 is 0. The number of hydrogen-bond donors (Lipinski definition) is 2. The number of rotatable bonds is 4. The highest BCUT2D eigenvalue weighted by Gasteiger charge is 2.42. The Kier molecular flexibility index (Phi) is 3.84. The summed E-state index contributed by atoms with van der Waals surface area (Å²) in [6.07, 6.45) is 4.25. The zero-order chi connectivity index (χ0) is 12.3. The number of thiophene rings is 1. The minimum absolute atomic E-state index is 0.193. The third-order valence-corrected chi connectivity index (χ3v) is 4.77. The Balaban J connectivity index is 2.08. The summed E-state index contributed by atoms with van der Waals surface area (Å²) in [5.41, 5.74) is 5.14. The van der Waals surface area contributed by atoms with E-state index in [1.807, 2.05) is 6.07 Å². The van der Waals surface area contributed by atoms with E-state index in [9.17, 15) is 4.79 Å². The Bertz CT molecular complexity index is 377. The number of primary amides is 1. The molecule has 4 heteroatoms. The van der Waals surface area contributed by atoms with E-state index in [1.165, 1.54) is 11.3 Å². The SMILES string of the molecule is CC1CCCCC1(NCc1cccs1)C(N)=O. The van der Waals surface area contributed by atoms with Crippen molar-refractivity contribution in [3.05, 3.63) is 22.4 Å². The van der Waals surface area contributed by atoms with Crippen LogP contribution in [0.3, 0.4) is 0 Å². The minimum atomic E-state index is -0.498. The molecule has 1 aromatic heterocycles. The maximum atomic E-state index is 11.8. The summed E-state index contributed by atoms with van der Waals surface area (Å²) in [5.74, 6) is 0.134. The van der Waals surface area contributed by atoms with Gasteiger partial charge in [-0.3, -0.25) is 10.1 Å². The van der Waals surface area contributed by atoms with Crippen LogP contribution in [0.2, 0.25) is 0 Å². The molecule has 0 bridgehead atoms. The second-order valence-electron chi connectivity index (χ2n) is 4.92. The molecule has 3 nitrogen and oxygen atoms in total. The van der Waals surface area contributed by atoms with Crippen molar-refractivity contribution < 1.29 is 4.79 Å². The summed E-state index contributed by atoms with van der Waals surface area (Å²) in [5, 5.41) is 5.48. The van der Waals surface area contributed by atoms with Crippen molar-refractivity contribution >= 4 is 17.2 Å². The van der Waals surface area contributed by atoms with E-state index in [2.05, 4.69) is 23.7 Å². The lowest BCUT2D eigenvalue weighted by Crippen LogP contribution is -2.60. The zero-order valence-corrected chi connectivity index (χ0v) is 11.1. The van der Waals surface area contributed by atoms with Crippen LogP contribution in [-0.2, 0) is 11.3 Å². The first-order chi connectivity index (χ1) is 8.15. The van der Waals surface area contributed by atoms with Crippen LogP contribution in [0.5, 0.6) is 0 Å². The minimum Gasteiger partial charge on any atom is -0.368 e. The average molecular weight is 252 g/mol. The molecular weight excluding hydrogens is 232 g/mol. The van der Waals surface area contributed by atoms with Crippen LogP contribution in [0.25, 0.3) is 0 Å². The van der Waals surface area contributed by atoms with E-state index in [0.717, 1.165) is 25.8 Å². The van der Waals surface area contributed by atoms with Gasteiger partial charge in [0, 0.05) is 11.4 Å². The predicted octanol–water partition coefficient (Wildman–Crippen LogP) is 2.27. The smallest absolute Gasteiger partial charge is 0.238 e. The van der Waals surface area contributed by atoms with Crippen LogP contribution in [0.15, 0.2) is 17.5 Å². The number of nitrogens with two attached hydrogens (primary N) is 1. The first kappa shape index (κ1) is 12.6. The van der Waals surface area contributed by atoms with Crippen LogP contribution in [0, 0.1) is 5.92 Å². The average Bonchev–Trinajstić information content (AvgIpc) is 2.81. The summed E-state index contributed by atoms with van der Waals surface area (Å²) >= 11 is 1.71. The molecule has 2 atom stereocenters. The summed E-state index contributed by atoms with van der Waals surface area (Å²) in [6.45, 7) is 2.87. The fourth-order valence-electron chi connectivity index (χ4n) is 2.72. The Morgan fingerprint density at radius 2 is 2.47 bits per heavy atom. The summed E-state index contributed by atoms with van der Waals surface area (Å²) in [4.78, 5) is 13.1. The Morgan fingerprint density at radius 1 is 1.65 bits per heavy atom. The number of carbonyl (C=O) groups excluding carboxylic acids is 1. The molecule has 3 N–H and O–H groups in total. The van der Waals surface area contributed by atoms with Crippen molar-refractivity contribution in [2.75, 3.05) is 0 Å². The molecule has 0 aromatic carbocycles. The van der Waals surface area contributed by atoms with Gasteiger partial charge in [-0.1, -0.05) is 25.8 Å². The summed E-state index contributed by atoms with van der Waals surface area (Å²) in [6, 6.07) is 4.11. The third kappa shape index (κ3) is 2.53. The van der Waals surface area contributed by atoms with Crippen LogP contribution in [0.4, 0.5) is 0 Å². The maximum Gasteiger partial charge on any atom is 0.238 e. The molecule has 2 unspecified atom stereocenters. The lowest BCUT2D eigenvalue weighted by molar-refractivity contribution is -0.128. The van der Waals surface area contributed by atoms with Gasteiger partial charge >= 0.3 is 0 Å². The van der Waals surface area contributed by atoms with Gasteiger partial charge in [-0.05, 0) is 30.2 Å². The molecular formula is C13H20N2OS. The third-order valence-electron chi connectivity index (χ3n) is 3.90. The number of hydrogen-bond acceptors (Lipinski definition) is 3. The quantitative estimate of drug-likeness (QED) is 0.863. The van der Waals surface area contributed by atoms with E-state index in [4.69, 9.17) is 5.73 Å². The molecule has 1 saturated carbocycles. The Labute approximate surface area is 106 Å². The lowest BCUT2D eigenvalue weighted by Gasteiger charge is -2.40. The van der Waals surface area contributed by atoms with E-state index < -0.39 is 5.54 Å². The van der Waals surface area contributed by atoms with E-state index in [1.54, 1.807) is 11.3 Å². The van der Waals surface area contributed by atoms with Crippen LogP contribution in [0.1, 0.15) is 37.5 Å². The van der Waals surface area contributed by atoms with Gasteiger partial charge in [0.25, 0.3) is 0 Å². The first-order valence-electron chi connectivity index (χ1n) is 6.22. The highest BCUT2D eigenvalue weighted by Crippen LogP contribution is 2.33. The molecule has 0 radical (unpaired) electrons. The maximum absolute atomic E-state index is 11.8. The van der Waals surface area contributed by atoms with Gasteiger partial charge in [0.05, 0.1) is 0 Å². The fraction of sp³-hybridized carbons (Fsp3) is 0.615. The molecule has 0 aliphatic heterocycles. The zero-order valence-electron chi connectivity index (χ0n) is 10.2. The predicted molar refractivity (Wildman–Crippen MR) is 70.7 cm³/mol. The van der Waals surface area contributed by atoms with Crippen molar-refractivity contribution in [2.24, 2.45) is 11.7 Å². The topological polar surface area (TPSA) is 55.1 Å². The van der Waals surface area contributed by atoms with E-state index in [0.29, 0.717) is 5.92 Å². The number of amides is 1. The van der Waals surface area contributed by atoms with Gasteiger partial charge in [-0.2, -0.15) is 0 Å². The van der Waals surface area contributed by atoms with Gasteiger partial charge in [-0.15, -0.1) is 11.3 Å². The molecule has 2 rings (SSSR count). The highest BCUT2D eigenvalue weighted by molar-refractivity contribution is 7.09. The van der Waals surface area contributed by atoms with Crippen LogP contribution in [-0.4, -0.2) is 11.4 Å². The number of carbonyl (C=O) groups is 1. The summed E-state index contributed by atoms with van der Waals surface area (Å²) in [7, 11) is 0. The van der Waals surface area contributed by atoms with Gasteiger partial charge < -0.3 is 5.73 Å². The second kappa shape index (κ2) is 5.19. The van der Waals surface area contributed by atoms with Crippen LogP contribution < -0.4 is 11.1 Å². The molecule has 0 spiro atoms. The van der Waals surface area contributed by atoms with E-state index in [-0.39, 0.29) is 5.91 Å². The largest absolute Gasteiger partial charge is 0.368 e. The molecule has 1 amide bonds. The molecule has 0 saturated heterocycles. The highest BCUT2D eigenvalue weighted by atomic mass is 32.1. The normalized spacial score (nSPS) is 29.1. The standard InChI is InChI=1S/C13H20N2OS/c1-10-5-2-3-7-13(10,12(14)16)15-9-11-6-4-8-17-11/h4,6,8,10,15H,2-3,5,7,9H2,1H3,(H2,14,16). The molecule has 1 fully saturated rings. The van der Waals surface area contributed by atoms with Gasteiger partial charge in [0.15, 0.2) is 0 Å². The van der Waals surface area contributed by atoms with E-state index >= 15 is 0 Å². The van der Waals surface area contributed by atoms with Gasteiger partial charge in [-0.25, -0.2) is 0 Å². The van der Waals surface area contributed by atoms with Crippen molar-refractivity contribution in [1.29, 1.82) is 0 Å². The fourth-order valence-corrected chi connectivity index (χ4v) is 3.37. The van der Waals surface area contributed by atoms with Crippen LogP contribution >= 0.6 is 11.3 Å². The van der Waals surface area contributed by atoms with Gasteiger partial charge in [0.1, 0.15) is 5.54 Å². The van der Waals surface area contributed by atoms with Crippen molar-refractivity contribution in [3.63, 3.8) is 0 Å². The van der Waals surface area contributed by atoms with Crippen molar-refractivity contribution in [2.45, 2.75) is 44.7 Å². The van der Waals surface area contributed by atoms with Crippen molar-refractivity contribution in [3.8, 4) is 0 Å².